The van der Waals surface area contributed by atoms with Gasteiger partial charge in [-0.15, -0.1) is 0 Å². The number of anilines is 1. The normalized spacial score (nSPS) is 17.0. The van der Waals surface area contributed by atoms with Crippen LogP contribution in [0.4, 0.5) is 5.69 Å². The van der Waals surface area contributed by atoms with Crippen molar-refractivity contribution in [2.75, 3.05) is 31.6 Å². The van der Waals surface area contributed by atoms with E-state index >= 15 is 0 Å². The van der Waals surface area contributed by atoms with E-state index in [0.717, 1.165) is 43.1 Å². The molecule has 1 fully saturated rings. The predicted octanol–water partition coefficient (Wildman–Crippen LogP) is 4.71. The summed E-state index contributed by atoms with van der Waals surface area (Å²) in [6, 6.07) is 14.9. The molecule has 0 spiro atoms. The predicted molar refractivity (Wildman–Crippen MR) is 121 cm³/mol. The molecule has 1 aliphatic rings. The van der Waals surface area contributed by atoms with E-state index in [-0.39, 0.29) is 12.1 Å². The Morgan fingerprint density at radius 2 is 1.82 bits per heavy atom. The maximum Gasteiger partial charge on any atom is 0.171 e. The largest absolute Gasteiger partial charge is 0.379 e. The molecule has 0 aromatic heterocycles. The number of aryl methyl sites for hydroxylation is 2. The van der Waals surface area contributed by atoms with E-state index in [1.54, 1.807) is 0 Å². The van der Waals surface area contributed by atoms with Gasteiger partial charge in [-0.05, 0) is 55.7 Å². The third-order valence-corrected chi connectivity index (χ3v) is 5.60. The SMILES string of the molecule is Cc1cc(C)c(NC(=S)N[C@H](C)[C@@H](c2ccccc2)N2CCOCC2)c(Cl)c1. The van der Waals surface area contributed by atoms with Gasteiger partial charge in [0, 0.05) is 19.1 Å². The van der Waals surface area contributed by atoms with Crippen LogP contribution in [-0.4, -0.2) is 42.4 Å². The fourth-order valence-corrected chi connectivity index (χ4v) is 4.49. The van der Waals surface area contributed by atoms with E-state index < -0.39 is 0 Å². The van der Waals surface area contributed by atoms with Crippen LogP contribution in [0.2, 0.25) is 5.02 Å². The van der Waals surface area contributed by atoms with Crippen molar-refractivity contribution in [3.8, 4) is 0 Å². The van der Waals surface area contributed by atoms with E-state index in [0.29, 0.717) is 10.1 Å². The van der Waals surface area contributed by atoms with Gasteiger partial charge in [0.1, 0.15) is 0 Å². The van der Waals surface area contributed by atoms with E-state index in [1.807, 2.05) is 26.0 Å². The van der Waals surface area contributed by atoms with Crippen LogP contribution < -0.4 is 10.6 Å². The van der Waals surface area contributed by atoms with Crippen molar-refractivity contribution in [2.45, 2.75) is 32.9 Å². The highest BCUT2D eigenvalue weighted by molar-refractivity contribution is 7.80. The van der Waals surface area contributed by atoms with E-state index in [4.69, 9.17) is 28.6 Å². The fourth-order valence-electron chi connectivity index (χ4n) is 3.83. The molecule has 2 atom stereocenters. The molecule has 1 aliphatic heterocycles. The molecule has 6 heteroatoms. The molecule has 28 heavy (non-hydrogen) atoms. The number of nitrogens with zero attached hydrogens (tertiary/aromatic N) is 1. The fraction of sp³-hybridized carbons (Fsp3) is 0.409. The molecule has 0 amide bonds. The Labute approximate surface area is 178 Å². The molecule has 0 aliphatic carbocycles. The van der Waals surface area contributed by atoms with Crippen LogP contribution in [0.3, 0.4) is 0 Å². The van der Waals surface area contributed by atoms with Gasteiger partial charge in [0.05, 0.1) is 30.0 Å². The minimum Gasteiger partial charge on any atom is -0.379 e. The number of halogens is 1. The van der Waals surface area contributed by atoms with Crippen molar-refractivity contribution in [3.05, 3.63) is 64.2 Å². The topological polar surface area (TPSA) is 36.5 Å². The molecule has 3 rings (SSSR count). The van der Waals surface area contributed by atoms with Crippen molar-refractivity contribution in [1.29, 1.82) is 0 Å². The highest BCUT2D eigenvalue weighted by Crippen LogP contribution is 2.28. The van der Waals surface area contributed by atoms with E-state index in [2.05, 4.69) is 52.8 Å². The molecule has 0 radical (unpaired) electrons. The summed E-state index contributed by atoms with van der Waals surface area (Å²) in [5, 5.41) is 8.03. The number of thiocarbonyl (C=S) groups is 1. The molecule has 2 aromatic rings. The summed E-state index contributed by atoms with van der Waals surface area (Å²) in [5.41, 5.74) is 4.35. The number of ether oxygens (including phenoxy) is 1. The molecule has 0 saturated carbocycles. The summed E-state index contributed by atoms with van der Waals surface area (Å²) in [7, 11) is 0. The van der Waals surface area contributed by atoms with Crippen LogP contribution in [0, 0.1) is 13.8 Å². The monoisotopic (exact) mass is 417 g/mol. The molecule has 1 saturated heterocycles. The Balaban J connectivity index is 1.74. The van der Waals surface area contributed by atoms with Gasteiger partial charge < -0.3 is 15.4 Å². The maximum atomic E-state index is 6.42. The Morgan fingerprint density at radius 1 is 1.14 bits per heavy atom. The Morgan fingerprint density at radius 3 is 2.46 bits per heavy atom. The summed E-state index contributed by atoms with van der Waals surface area (Å²) < 4.78 is 5.55. The quantitative estimate of drug-likeness (QED) is 0.689. The van der Waals surface area contributed by atoms with Gasteiger partial charge in [0.2, 0.25) is 0 Å². The van der Waals surface area contributed by atoms with Crippen LogP contribution in [0.5, 0.6) is 0 Å². The third-order valence-electron chi connectivity index (χ3n) is 5.08. The van der Waals surface area contributed by atoms with E-state index in [1.165, 1.54) is 5.56 Å². The van der Waals surface area contributed by atoms with Gasteiger partial charge >= 0.3 is 0 Å². The Bertz CT molecular complexity index is 786. The first-order valence-electron chi connectivity index (χ1n) is 9.66. The van der Waals surface area contributed by atoms with Crippen molar-refractivity contribution < 1.29 is 4.74 Å². The highest BCUT2D eigenvalue weighted by atomic mass is 35.5. The van der Waals surface area contributed by atoms with Gasteiger partial charge in [0.25, 0.3) is 0 Å². The molecule has 150 valence electrons. The number of hydrogen-bond donors (Lipinski definition) is 2. The average molecular weight is 418 g/mol. The Hall–Kier alpha value is -1.66. The highest BCUT2D eigenvalue weighted by Gasteiger charge is 2.28. The minimum absolute atomic E-state index is 0.116. The number of nitrogens with one attached hydrogen (secondary N) is 2. The Kier molecular flexibility index (Phi) is 7.30. The second kappa shape index (κ2) is 9.70. The van der Waals surface area contributed by atoms with Crippen molar-refractivity contribution in [2.24, 2.45) is 0 Å². The van der Waals surface area contributed by atoms with Crippen LogP contribution in [0.1, 0.15) is 29.7 Å². The second-order valence-corrected chi connectivity index (χ2v) is 8.15. The molecule has 2 aromatic carbocycles. The standard InChI is InChI=1S/C22H28ClN3OS/c1-15-13-16(2)20(19(23)14-15)25-22(28)24-17(3)21(18-7-5-4-6-8-18)26-9-11-27-12-10-26/h4-8,13-14,17,21H,9-12H2,1-3H3,(H2,24,25,28)/t17-,21+/m1/s1. The zero-order chi connectivity index (χ0) is 20.1. The van der Waals surface area contributed by atoms with Crippen LogP contribution in [-0.2, 0) is 4.74 Å². The lowest BCUT2D eigenvalue weighted by molar-refractivity contribution is 0.0102. The minimum atomic E-state index is 0.116. The molecule has 0 unspecified atom stereocenters. The average Bonchev–Trinajstić information content (AvgIpc) is 2.66. The van der Waals surface area contributed by atoms with Gasteiger partial charge in [-0.3, -0.25) is 4.90 Å². The lowest BCUT2D eigenvalue weighted by Crippen LogP contribution is -2.49. The summed E-state index contributed by atoms with van der Waals surface area (Å²) in [4.78, 5) is 2.46. The summed E-state index contributed by atoms with van der Waals surface area (Å²) in [6.45, 7) is 9.59. The first-order chi connectivity index (χ1) is 13.5. The summed E-state index contributed by atoms with van der Waals surface area (Å²) in [5.74, 6) is 0. The van der Waals surface area contributed by atoms with E-state index in [9.17, 15) is 0 Å². The van der Waals surface area contributed by atoms with Gasteiger partial charge in [-0.2, -0.15) is 0 Å². The lowest BCUT2D eigenvalue weighted by atomic mass is 9.98. The number of benzene rings is 2. The smallest absolute Gasteiger partial charge is 0.171 e. The first kappa shape index (κ1) is 21.1. The zero-order valence-corrected chi connectivity index (χ0v) is 18.2. The second-order valence-electron chi connectivity index (χ2n) is 7.33. The molecule has 1 heterocycles. The van der Waals surface area contributed by atoms with Gasteiger partial charge in [0.15, 0.2) is 5.11 Å². The van der Waals surface area contributed by atoms with Gasteiger partial charge in [-0.1, -0.05) is 48.0 Å². The first-order valence-corrected chi connectivity index (χ1v) is 10.5. The van der Waals surface area contributed by atoms with Crippen molar-refractivity contribution >= 4 is 34.6 Å². The maximum absolute atomic E-state index is 6.42. The molecular weight excluding hydrogens is 390 g/mol. The number of hydrogen-bond acceptors (Lipinski definition) is 3. The molecule has 0 bridgehead atoms. The lowest BCUT2D eigenvalue weighted by Gasteiger charge is -2.38. The molecule has 2 N–H and O–H groups in total. The summed E-state index contributed by atoms with van der Waals surface area (Å²) in [6.07, 6.45) is 0. The van der Waals surface area contributed by atoms with Gasteiger partial charge in [-0.25, -0.2) is 0 Å². The molecule has 4 nitrogen and oxygen atoms in total. The van der Waals surface area contributed by atoms with Crippen LogP contribution in [0.25, 0.3) is 0 Å². The third kappa shape index (κ3) is 5.23. The van der Waals surface area contributed by atoms with Crippen molar-refractivity contribution in [1.82, 2.24) is 10.2 Å². The zero-order valence-electron chi connectivity index (χ0n) is 16.7. The van der Waals surface area contributed by atoms with Crippen LogP contribution in [0.15, 0.2) is 42.5 Å². The number of morpholine rings is 1. The summed E-state index contributed by atoms with van der Waals surface area (Å²) >= 11 is 12.0. The number of rotatable bonds is 5. The van der Waals surface area contributed by atoms with Crippen molar-refractivity contribution in [3.63, 3.8) is 0 Å². The molecular formula is C22H28ClN3OS. The van der Waals surface area contributed by atoms with Crippen LogP contribution >= 0.6 is 23.8 Å².